The smallest absolute Gasteiger partial charge is 0.222 e. The molecule has 1 aromatic carbocycles. The fourth-order valence-corrected chi connectivity index (χ4v) is 2.45. The Morgan fingerprint density at radius 1 is 1.14 bits per heavy atom. The number of rotatable bonds is 6. The third kappa shape index (κ3) is 3.31. The van der Waals surface area contributed by atoms with E-state index in [9.17, 15) is 0 Å². The van der Waals surface area contributed by atoms with E-state index in [1.807, 2.05) is 37.3 Å². The minimum Gasteiger partial charge on any atom is -0.486 e. The molecule has 0 unspecified atom stereocenters. The monoisotopic (exact) mass is 285 g/mol. The Morgan fingerprint density at radius 3 is 2.62 bits per heavy atom. The lowest BCUT2D eigenvalue weighted by molar-refractivity contribution is -0.0882. The van der Waals surface area contributed by atoms with Gasteiger partial charge in [0.1, 0.15) is 11.9 Å². The Labute approximate surface area is 124 Å². The van der Waals surface area contributed by atoms with Crippen LogP contribution in [0.15, 0.2) is 48.8 Å². The minimum absolute atomic E-state index is 0.0313. The zero-order valence-electron chi connectivity index (χ0n) is 12.0. The van der Waals surface area contributed by atoms with Crippen molar-refractivity contribution in [3.8, 4) is 5.75 Å². The van der Waals surface area contributed by atoms with Gasteiger partial charge in [-0.2, -0.15) is 0 Å². The number of anilines is 1. The average Bonchev–Trinajstić information content (AvgIpc) is 2.54. The van der Waals surface area contributed by atoms with Gasteiger partial charge in [-0.3, -0.25) is 0 Å². The van der Waals surface area contributed by atoms with Crippen molar-refractivity contribution in [3.05, 3.63) is 48.8 Å². The highest BCUT2D eigenvalue weighted by atomic mass is 16.5. The zero-order valence-corrected chi connectivity index (χ0v) is 12.0. The highest BCUT2D eigenvalue weighted by Crippen LogP contribution is 2.30. The second kappa shape index (κ2) is 6.54. The van der Waals surface area contributed by atoms with Crippen LogP contribution in [0.5, 0.6) is 5.75 Å². The SMILES string of the molecule is CCO[C@@H]1C[C@@H](Nc2ncccn2)[C@@H]1Oc1ccccc1. The lowest BCUT2D eigenvalue weighted by Crippen LogP contribution is -2.59. The summed E-state index contributed by atoms with van der Waals surface area (Å²) in [6.45, 7) is 2.69. The summed E-state index contributed by atoms with van der Waals surface area (Å²) in [5.74, 6) is 1.48. The molecular formula is C16H19N3O2. The summed E-state index contributed by atoms with van der Waals surface area (Å²) in [5.41, 5.74) is 0. The maximum atomic E-state index is 6.06. The molecule has 5 heteroatoms. The van der Waals surface area contributed by atoms with E-state index in [4.69, 9.17) is 9.47 Å². The van der Waals surface area contributed by atoms with Crippen LogP contribution in [0.25, 0.3) is 0 Å². The van der Waals surface area contributed by atoms with Crippen LogP contribution in [0, 0.1) is 0 Å². The number of aromatic nitrogens is 2. The van der Waals surface area contributed by atoms with E-state index in [-0.39, 0.29) is 18.2 Å². The molecule has 0 spiro atoms. The average molecular weight is 285 g/mol. The van der Waals surface area contributed by atoms with Gasteiger partial charge < -0.3 is 14.8 Å². The molecule has 0 bridgehead atoms. The molecule has 0 aliphatic heterocycles. The lowest BCUT2D eigenvalue weighted by Gasteiger charge is -2.43. The third-order valence-corrected chi connectivity index (χ3v) is 3.53. The van der Waals surface area contributed by atoms with Gasteiger partial charge in [-0.05, 0) is 25.1 Å². The second-order valence-corrected chi connectivity index (χ2v) is 4.95. The van der Waals surface area contributed by atoms with Crippen molar-refractivity contribution in [1.29, 1.82) is 0 Å². The van der Waals surface area contributed by atoms with E-state index in [1.165, 1.54) is 0 Å². The number of nitrogens with zero attached hydrogens (tertiary/aromatic N) is 2. The van der Waals surface area contributed by atoms with E-state index in [1.54, 1.807) is 18.5 Å². The van der Waals surface area contributed by atoms with Crippen molar-refractivity contribution in [1.82, 2.24) is 9.97 Å². The van der Waals surface area contributed by atoms with Crippen LogP contribution >= 0.6 is 0 Å². The van der Waals surface area contributed by atoms with Gasteiger partial charge in [-0.15, -0.1) is 0 Å². The summed E-state index contributed by atoms with van der Waals surface area (Å²) in [7, 11) is 0. The Morgan fingerprint density at radius 2 is 1.90 bits per heavy atom. The summed E-state index contributed by atoms with van der Waals surface area (Å²) < 4.78 is 11.8. The van der Waals surface area contributed by atoms with Gasteiger partial charge in [0, 0.05) is 25.4 Å². The quantitative estimate of drug-likeness (QED) is 0.883. The van der Waals surface area contributed by atoms with Crippen LogP contribution in [0.1, 0.15) is 13.3 Å². The summed E-state index contributed by atoms with van der Waals surface area (Å²) >= 11 is 0. The summed E-state index contributed by atoms with van der Waals surface area (Å²) in [5, 5.41) is 3.31. The summed E-state index contributed by atoms with van der Waals surface area (Å²) in [6.07, 6.45) is 4.42. The molecule has 0 radical (unpaired) electrons. The second-order valence-electron chi connectivity index (χ2n) is 4.95. The molecule has 1 aromatic heterocycles. The first-order valence-electron chi connectivity index (χ1n) is 7.23. The van der Waals surface area contributed by atoms with Gasteiger partial charge in [-0.25, -0.2) is 9.97 Å². The number of hydrogen-bond acceptors (Lipinski definition) is 5. The molecule has 1 aliphatic rings. The topological polar surface area (TPSA) is 56.3 Å². The van der Waals surface area contributed by atoms with Crippen molar-refractivity contribution in [3.63, 3.8) is 0 Å². The summed E-state index contributed by atoms with van der Waals surface area (Å²) in [4.78, 5) is 8.39. The fourth-order valence-electron chi connectivity index (χ4n) is 2.45. The van der Waals surface area contributed by atoms with Crippen LogP contribution in [0.3, 0.4) is 0 Å². The molecule has 2 aromatic rings. The number of nitrogens with one attached hydrogen (secondary N) is 1. The van der Waals surface area contributed by atoms with Gasteiger partial charge in [0.05, 0.1) is 12.1 Å². The molecule has 1 saturated carbocycles. The summed E-state index contributed by atoms with van der Waals surface area (Å²) in [6, 6.07) is 11.8. The Hall–Kier alpha value is -2.14. The largest absolute Gasteiger partial charge is 0.486 e. The van der Waals surface area contributed by atoms with Crippen LogP contribution < -0.4 is 10.1 Å². The Kier molecular flexibility index (Phi) is 4.31. The highest BCUT2D eigenvalue weighted by Gasteiger charge is 2.44. The van der Waals surface area contributed by atoms with Crippen molar-refractivity contribution in [2.24, 2.45) is 0 Å². The van der Waals surface area contributed by atoms with Crippen LogP contribution in [0.4, 0.5) is 5.95 Å². The van der Waals surface area contributed by atoms with Crippen LogP contribution in [-0.4, -0.2) is 34.8 Å². The fraction of sp³-hybridized carbons (Fsp3) is 0.375. The van der Waals surface area contributed by atoms with Crippen LogP contribution in [-0.2, 0) is 4.74 Å². The predicted molar refractivity (Wildman–Crippen MR) is 80.3 cm³/mol. The molecule has 1 fully saturated rings. The number of hydrogen-bond donors (Lipinski definition) is 1. The van der Waals surface area contributed by atoms with E-state index in [2.05, 4.69) is 15.3 Å². The molecule has 0 amide bonds. The molecule has 3 atom stereocenters. The van der Waals surface area contributed by atoms with E-state index >= 15 is 0 Å². The maximum Gasteiger partial charge on any atom is 0.222 e. The third-order valence-electron chi connectivity index (χ3n) is 3.53. The first-order valence-corrected chi connectivity index (χ1v) is 7.23. The van der Waals surface area contributed by atoms with Gasteiger partial charge in [0.15, 0.2) is 0 Å². The first-order chi connectivity index (χ1) is 10.4. The number of ether oxygens (including phenoxy) is 2. The molecule has 5 nitrogen and oxygen atoms in total. The predicted octanol–water partition coefficient (Wildman–Crippen LogP) is 2.51. The van der Waals surface area contributed by atoms with E-state index < -0.39 is 0 Å². The highest BCUT2D eigenvalue weighted by molar-refractivity contribution is 5.29. The molecule has 1 aliphatic carbocycles. The van der Waals surface area contributed by atoms with Crippen molar-refractivity contribution in [2.45, 2.75) is 31.6 Å². The van der Waals surface area contributed by atoms with Crippen molar-refractivity contribution in [2.75, 3.05) is 11.9 Å². The van der Waals surface area contributed by atoms with Gasteiger partial charge >= 0.3 is 0 Å². The van der Waals surface area contributed by atoms with E-state index in [0.717, 1.165) is 12.2 Å². The van der Waals surface area contributed by atoms with Gasteiger partial charge in [0.2, 0.25) is 5.95 Å². The minimum atomic E-state index is -0.0313. The molecule has 1 heterocycles. The molecule has 3 rings (SSSR count). The normalized spacial score (nSPS) is 24.1. The molecule has 110 valence electrons. The molecular weight excluding hydrogens is 266 g/mol. The van der Waals surface area contributed by atoms with E-state index in [0.29, 0.717) is 12.6 Å². The van der Waals surface area contributed by atoms with Gasteiger partial charge in [-0.1, -0.05) is 18.2 Å². The molecule has 1 N–H and O–H groups in total. The lowest BCUT2D eigenvalue weighted by atomic mass is 9.85. The van der Waals surface area contributed by atoms with Crippen molar-refractivity contribution < 1.29 is 9.47 Å². The number of para-hydroxylation sites is 1. The van der Waals surface area contributed by atoms with Gasteiger partial charge in [0.25, 0.3) is 0 Å². The molecule has 0 saturated heterocycles. The van der Waals surface area contributed by atoms with Crippen LogP contribution in [0.2, 0.25) is 0 Å². The first kappa shape index (κ1) is 13.8. The standard InChI is InChI=1S/C16H19N3O2/c1-2-20-14-11-13(19-16-17-9-6-10-18-16)15(14)21-12-7-4-3-5-8-12/h3-10,13-15H,2,11H2,1H3,(H,17,18,19)/t13-,14-,15+/m1/s1. The zero-order chi connectivity index (χ0) is 14.5. The maximum absolute atomic E-state index is 6.06. The number of benzene rings is 1. The Bertz CT molecular complexity index is 550. The molecule has 21 heavy (non-hydrogen) atoms. The Balaban J connectivity index is 1.66. The van der Waals surface area contributed by atoms with Crippen molar-refractivity contribution >= 4 is 5.95 Å².